The highest BCUT2D eigenvalue weighted by Crippen LogP contribution is 2.48. The van der Waals surface area contributed by atoms with Gasteiger partial charge >= 0.3 is 0 Å². The maximum Gasteiger partial charge on any atom is 0.146 e. The van der Waals surface area contributed by atoms with Gasteiger partial charge in [-0.25, -0.2) is 0 Å². The molecule has 0 aromatic rings. The fourth-order valence-corrected chi connectivity index (χ4v) is 4.93. The van der Waals surface area contributed by atoms with Crippen LogP contribution in [-0.2, 0) is 0 Å². The molecule has 2 aliphatic heterocycles. The highest BCUT2D eigenvalue weighted by molar-refractivity contribution is 6.62. The van der Waals surface area contributed by atoms with Crippen LogP contribution in [0.1, 0.15) is 96.3 Å². The molecule has 21 heavy (non-hydrogen) atoms. The van der Waals surface area contributed by atoms with Crippen molar-refractivity contribution >= 4 is 6.71 Å². The molecule has 0 N–H and O–H groups in total. The minimum Gasteiger partial charge on any atom is -0.198 e. The fourth-order valence-electron chi connectivity index (χ4n) is 4.93. The molecule has 2 fully saturated rings. The Morgan fingerprint density at radius 2 is 1.19 bits per heavy atom. The standard InChI is InChI=1S/C19H34BN/c21-17-9-7-5-3-1-2-4-6-8-16-20-18-12-10-13-19(20)15-11-14-18/h18-19H,1-16H2. The van der Waals surface area contributed by atoms with E-state index in [0.29, 0.717) is 0 Å². The number of hydrogen-bond acceptors (Lipinski definition) is 1. The van der Waals surface area contributed by atoms with Crippen LogP contribution in [0.4, 0.5) is 0 Å². The second-order valence-corrected chi connectivity index (χ2v) is 7.57. The molecule has 2 heterocycles. The van der Waals surface area contributed by atoms with Gasteiger partial charge in [0.2, 0.25) is 0 Å². The van der Waals surface area contributed by atoms with Gasteiger partial charge in [0.15, 0.2) is 0 Å². The van der Waals surface area contributed by atoms with E-state index in [4.69, 9.17) is 5.26 Å². The lowest BCUT2D eigenvalue weighted by Gasteiger charge is -2.40. The highest BCUT2D eigenvalue weighted by atomic mass is 14.2. The third kappa shape index (κ3) is 6.05. The zero-order valence-electron chi connectivity index (χ0n) is 14.0. The molecule has 0 aromatic heterocycles. The van der Waals surface area contributed by atoms with E-state index in [0.717, 1.165) is 31.2 Å². The van der Waals surface area contributed by atoms with Crippen molar-refractivity contribution in [2.24, 2.45) is 0 Å². The topological polar surface area (TPSA) is 23.8 Å². The van der Waals surface area contributed by atoms with E-state index in [1.54, 1.807) is 25.7 Å². The number of unbranched alkanes of at least 4 members (excludes halogenated alkanes) is 8. The Labute approximate surface area is 133 Å². The van der Waals surface area contributed by atoms with Gasteiger partial charge in [-0.2, -0.15) is 5.26 Å². The summed E-state index contributed by atoms with van der Waals surface area (Å²) in [7, 11) is 0. The molecule has 0 saturated carbocycles. The highest BCUT2D eigenvalue weighted by Gasteiger charge is 2.37. The zero-order valence-corrected chi connectivity index (χ0v) is 14.0. The lowest BCUT2D eigenvalue weighted by Crippen LogP contribution is -2.34. The third-order valence-electron chi connectivity index (χ3n) is 6.09. The number of fused-ring (bicyclic) bond motifs is 2. The summed E-state index contributed by atoms with van der Waals surface area (Å²) in [5.41, 5.74) is 0. The summed E-state index contributed by atoms with van der Waals surface area (Å²) in [4.78, 5) is 0. The van der Waals surface area contributed by atoms with Crippen molar-refractivity contribution in [3.63, 3.8) is 0 Å². The average Bonchev–Trinajstić information content (AvgIpc) is 2.49. The van der Waals surface area contributed by atoms with Crippen LogP contribution in [0, 0.1) is 11.3 Å². The summed E-state index contributed by atoms with van der Waals surface area (Å²) in [5.74, 6) is 2.22. The average molecular weight is 287 g/mol. The Balaban J connectivity index is 1.44. The van der Waals surface area contributed by atoms with Crippen LogP contribution in [-0.4, -0.2) is 6.71 Å². The minimum absolute atomic E-state index is 0.754. The molecule has 2 aliphatic rings. The molecule has 0 radical (unpaired) electrons. The van der Waals surface area contributed by atoms with Crippen molar-refractivity contribution in [1.29, 1.82) is 5.26 Å². The number of rotatable bonds is 10. The summed E-state index contributed by atoms with van der Waals surface area (Å²) >= 11 is 0. The molecule has 2 bridgehead atoms. The van der Waals surface area contributed by atoms with Crippen LogP contribution in [0.25, 0.3) is 0 Å². The van der Waals surface area contributed by atoms with Crippen LogP contribution in [0.15, 0.2) is 0 Å². The molecule has 0 aromatic carbocycles. The SMILES string of the molecule is N#CCCCCCCCCCCB1C2CCCC1CCC2. The molecule has 1 nitrogen and oxygen atoms in total. The Kier molecular flexibility index (Phi) is 8.31. The van der Waals surface area contributed by atoms with Gasteiger partial charge in [-0.3, -0.25) is 0 Å². The molecular weight excluding hydrogens is 253 g/mol. The van der Waals surface area contributed by atoms with E-state index in [2.05, 4.69) is 6.07 Å². The van der Waals surface area contributed by atoms with Crippen LogP contribution in [0.5, 0.6) is 0 Å². The maximum absolute atomic E-state index is 8.48. The quantitative estimate of drug-likeness (QED) is 0.327. The zero-order chi connectivity index (χ0) is 14.8. The maximum atomic E-state index is 8.48. The van der Waals surface area contributed by atoms with Crippen LogP contribution in [0.2, 0.25) is 18.0 Å². The Morgan fingerprint density at radius 1 is 0.714 bits per heavy atom. The van der Waals surface area contributed by atoms with Crippen molar-refractivity contribution in [3.05, 3.63) is 0 Å². The van der Waals surface area contributed by atoms with E-state index in [1.807, 2.05) is 0 Å². The summed E-state index contributed by atoms with van der Waals surface area (Å²) in [6.45, 7) is 1.11. The first-order chi connectivity index (χ1) is 10.4. The van der Waals surface area contributed by atoms with E-state index in [-0.39, 0.29) is 0 Å². The minimum atomic E-state index is 0.754. The van der Waals surface area contributed by atoms with Gasteiger partial charge < -0.3 is 0 Å². The predicted molar refractivity (Wildman–Crippen MR) is 92.9 cm³/mol. The summed E-state index contributed by atoms with van der Waals surface area (Å²) in [5, 5.41) is 8.48. The first kappa shape index (κ1) is 16.9. The molecule has 0 atom stereocenters. The van der Waals surface area contributed by atoms with Crippen molar-refractivity contribution < 1.29 is 0 Å². The second-order valence-electron chi connectivity index (χ2n) is 7.57. The van der Waals surface area contributed by atoms with Crippen molar-refractivity contribution in [1.82, 2.24) is 0 Å². The second kappa shape index (κ2) is 10.3. The first-order valence-electron chi connectivity index (χ1n) is 9.79. The first-order valence-corrected chi connectivity index (χ1v) is 9.79. The lowest BCUT2D eigenvalue weighted by molar-refractivity contribution is 0.439. The van der Waals surface area contributed by atoms with Gasteiger partial charge in [-0.05, 0) is 6.42 Å². The third-order valence-corrected chi connectivity index (χ3v) is 6.09. The molecule has 0 aliphatic carbocycles. The van der Waals surface area contributed by atoms with Gasteiger partial charge in [-0.15, -0.1) is 0 Å². The van der Waals surface area contributed by atoms with E-state index in [9.17, 15) is 0 Å². The number of nitriles is 1. The molecular formula is C19H34BN. The van der Waals surface area contributed by atoms with E-state index in [1.165, 1.54) is 64.1 Å². The number of nitrogens with zero attached hydrogens (tertiary/aromatic N) is 1. The molecule has 2 saturated heterocycles. The normalized spacial score (nSPS) is 24.8. The predicted octanol–water partition coefficient (Wildman–Crippen LogP) is 6.62. The summed E-state index contributed by atoms with van der Waals surface area (Å²) < 4.78 is 0. The largest absolute Gasteiger partial charge is 0.198 e. The molecule has 0 spiro atoms. The van der Waals surface area contributed by atoms with Crippen molar-refractivity contribution in [2.75, 3.05) is 0 Å². The van der Waals surface area contributed by atoms with Crippen molar-refractivity contribution in [2.45, 2.75) is 114 Å². The smallest absolute Gasteiger partial charge is 0.146 e. The van der Waals surface area contributed by atoms with Crippen molar-refractivity contribution in [3.8, 4) is 6.07 Å². The summed E-state index contributed by atoms with van der Waals surface area (Å²) in [6.07, 6.45) is 22.5. The molecule has 2 heteroatoms. The van der Waals surface area contributed by atoms with E-state index < -0.39 is 0 Å². The van der Waals surface area contributed by atoms with Gasteiger partial charge in [0.05, 0.1) is 6.07 Å². The van der Waals surface area contributed by atoms with Crippen LogP contribution in [0.3, 0.4) is 0 Å². The van der Waals surface area contributed by atoms with Crippen LogP contribution >= 0.6 is 0 Å². The lowest BCUT2D eigenvalue weighted by atomic mass is 9.26. The van der Waals surface area contributed by atoms with Gasteiger partial charge in [0.25, 0.3) is 0 Å². The fraction of sp³-hybridized carbons (Fsp3) is 0.947. The summed E-state index contributed by atoms with van der Waals surface area (Å²) in [6, 6.07) is 2.23. The molecule has 0 amide bonds. The van der Waals surface area contributed by atoms with Crippen LogP contribution < -0.4 is 0 Å². The van der Waals surface area contributed by atoms with Gasteiger partial charge in [0.1, 0.15) is 6.71 Å². The molecule has 0 unspecified atom stereocenters. The Morgan fingerprint density at radius 3 is 1.71 bits per heavy atom. The molecule has 2 rings (SSSR count). The van der Waals surface area contributed by atoms with Gasteiger partial charge in [0, 0.05) is 6.42 Å². The number of hydrogen-bond donors (Lipinski definition) is 0. The Bertz CT molecular complexity index is 287. The van der Waals surface area contributed by atoms with E-state index >= 15 is 0 Å². The Hall–Kier alpha value is -0.445. The molecule has 118 valence electrons. The monoisotopic (exact) mass is 287 g/mol. The van der Waals surface area contributed by atoms with Gasteiger partial charge in [-0.1, -0.05) is 101 Å².